The number of nitrogens with zero attached hydrogens (tertiary/aromatic N) is 1. The first kappa shape index (κ1) is 16.0. The molecule has 6 nitrogen and oxygen atoms in total. The quantitative estimate of drug-likeness (QED) is 0.576. The van der Waals surface area contributed by atoms with Crippen LogP contribution in [-0.4, -0.2) is 22.0 Å². The van der Waals surface area contributed by atoms with Crippen molar-refractivity contribution in [3.8, 4) is 0 Å². The fourth-order valence-electron chi connectivity index (χ4n) is 5.45. The summed E-state index contributed by atoms with van der Waals surface area (Å²) in [5.41, 5.74) is 1.43. The molecule has 24 heavy (non-hydrogen) atoms. The van der Waals surface area contributed by atoms with Crippen molar-refractivity contribution >= 4 is 23.2 Å². The Balaban J connectivity index is 1.46. The number of carbonyl (C=O) groups is 2. The van der Waals surface area contributed by atoms with Gasteiger partial charge in [0.2, 0.25) is 5.91 Å². The van der Waals surface area contributed by atoms with E-state index < -0.39 is 5.91 Å². The Kier molecular flexibility index (Phi) is 3.88. The fraction of sp³-hybridized carbons (Fsp3) is 0.706. The van der Waals surface area contributed by atoms with Gasteiger partial charge in [0.05, 0.1) is 12.2 Å². The van der Waals surface area contributed by atoms with Gasteiger partial charge in [-0.2, -0.15) is 0 Å². The third-order valence-electron chi connectivity index (χ3n) is 6.09. The predicted molar refractivity (Wildman–Crippen MR) is 88.5 cm³/mol. The molecule has 0 spiro atoms. The average Bonchev–Trinajstić information content (AvgIpc) is 3.03. The molecule has 4 aliphatic carbocycles. The highest BCUT2D eigenvalue weighted by atomic mass is 32.1. The molecular formula is C17H23N3O3S. The summed E-state index contributed by atoms with van der Waals surface area (Å²) in [5.74, 6) is 1.79. The minimum Gasteiger partial charge on any atom is -0.347 e. The number of amides is 2. The van der Waals surface area contributed by atoms with Gasteiger partial charge in [-0.05, 0) is 63.2 Å². The van der Waals surface area contributed by atoms with Crippen LogP contribution in [0.4, 0.5) is 0 Å². The molecule has 4 bridgehead atoms. The number of rotatable bonds is 4. The van der Waals surface area contributed by atoms with Crippen LogP contribution in [0.15, 0.2) is 6.20 Å². The van der Waals surface area contributed by atoms with E-state index in [1.165, 1.54) is 36.8 Å². The van der Waals surface area contributed by atoms with Crippen molar-refractivity contribution in [1.82, 2.24) is 15.8 Å². The highest BCUT2D eigenvalue weighted by Crippen LogP contribution is 2.60. The second-order valence-electron chi connectivity index (χ2n) is 7.90. The Labute approximate surface area is 145 Å². The zero-order chi connectivity index (χ0) is 16.9. The van der Waals surface area contributed by atoms with E-state index in [0.717, 1.165) is 37.0 Å². The lowest BCUT2D eigenvalue weighted by Gasteiger charge is -2.55. The zero-order valence-electron chi connectivity index (χ0n) is 13.7. The van der Waals surface area contributed by atoms with Crippen LogP contribution in [-0.2, 0) is 4.79 Å². The third kappa shape index (κ3) is 2.63. The third-order valence-corrected chi connectivity index (χ3v) is 7.27. The predicted octanol–water partition coefficient (Wildman–Crippen LogP) is 2.66. The second kappa shape index (κ2) is 5.81. The summed E-state index contributed by atoms with van der Waals surface area (Å²) < 4.78 is 0. The van der Waals surface area contributed by atoms with Crippen LogP contribution in [0.5, 0.6) is 0 Å². The Bertz CT molecular complexity index is 637. The summed E-state index contributed by atoms with van der Waals surface area (Å²) in [6.45, 7) is 1.90. The molecule has 0 aromatic carbocycles. The van der Waals surface area contributed by atoms with Crippen molar-refractivity contribution < 1.29 is 14.8 Å². The first-order valence-electron chi connectivity index (χ1n) is 8.70. The Hall–Kier alpha value is -1.47. The molecule has 1 atom stereocenters. The van der Waals surface area contributed by atoms with Crippen LogP contribution in [0.25, 0.3) is 0 Å². The lowest BCUT2D eigenvalue weighted by Crippen LogP contribution is -2.53. The number of hydrogen-bond donors (Lipinski definition) is 3. The van der Waals surface area contributed by atoms with Gasteiger partial charge in [0, 0.05) is 5.41 Å². The van der Waals surface area contributed by atoms with Crippen LogP contribution in [0.3, 0.4) is 0 Å². The van der Waals surface area contributed by atoms with Crippen LogP contribution in [0, 0.1) is 23.2 Å². The summed E-state index contributed by atoms with van der Waals surface area (Å²) in [5, 5.41) is 12.5. The largest absolute Gasteiger partial charge is 0.347 e. The van der Waals surface area contributed by atoms with Crippen molar-refractivity contribution in [2.24, 2.45) is 23.2 Å². The summed E-state index contributed by atoms with van der Waals surface area (Å²) in [7, 11) is 0. The van der Waals surface area contributed by atoms with E-state index in [2.05, 4.69) is 10.3 Å². The molecule has 0 saturated heterocycles. The maximum Gasteiger partial charge on any atom is 0.286 e. The minimum absolute atomic E-state index is 0.164. The maximum atomic E-state index is 13.0. The number of aromatic nitrogens is 1. The summed E-state index contributed by atoms with van der Waals surface area (Å²) in [6, 6.07) is -0.226. The summed E-state index contributed by atoms with van der Waals surface area (Å²) >= 11 is 1.19. The van der Waals surface area contributed by atoms with Gasteiger partial charge in [-0.3, -0.25) is 14.8 Å². The number of hydroxylamine groups is 1. The minimum atomic E-state index is -0.571. The Morgan fingerprint density at radius 2 is 1.83 bits per heavy atom. The van der Waals surface area contributed by atoms with E-state index in [1.54, 1.807) is 5.48 Å². The molecule has 4 saturated carbocycles. The van der Waals surface area contributed by atoms with Crippen LogP contribution in [0.2, 0.25) is 0 Å². The number of thiazole rings is 1. The van der Waals surface area contributed by atoms with Crippen molar-refractivity contribution in [2.75, 3.05) is 0 Å². The number of nitrogens with one attached hydrogen (secondary N) is 2. The van der Waals surface area contributed by atoms with E-state index in [4.69, 9.17) is 5.21 Å². The van der Waals surface area contributed by atoms with E-state index in [9.17, 15) is 9.59 Å². The lowest BCUT2D eigenvalue weighted by molar-refractivity contribution is -0.147. The van der Waals surface area contributed by atoms with Crippen LogP contribution < -0.4 is 10.8 Å². The first-order chi connectivity index (χ1) is 11.5. The monoisotopic (exact) mass is 349 g/mol. The van der Waals surface area contributed by atoms with Gasteiger partial charge in [0.15, 0.2) is 0 Å². The first-order valence-corrected chi connectivity index (χ1v) is 9.52. The Morgan fingerprint density at radius 3 is 2.38 bits per heavy atom. The van der Waals surface area contributed by atoms with Gasteiger partial charge in [-0.25, -0.2) is 10.5 Å². The molecule has 1 aromatic rings. The van der Waals surface area contributed by atoms with Crippen LogP contribution in [0.1, 0.15) is 66.2 Å². The van der Waals surface area contributed by atoms with Gasteiger partial charge < -0.3 is 5.32 Å². The highest BCUT2D eigenvalue weighted by Gasteiger charge is 2.54. The van der Waals surface area contributed by atoms with Gasteiger partial charge in [0.1, 0.15) is 9.88 Å². The molecule has 0 radical (unpaired) electrons. The van der Waals surface area contributed by atoms with E-state index in [0.29, 0.717) is 9.88 Å². The van der Waals surface area contributed by atoms with Crippen molar-refractivity contribution in [3.05, 3.63) is 16.1 Å². The van der Waals surface area contributed by atoms with Crippen molar-refractivity contribution in [2.45, 2.75) is 51.5 Å². The second-order valence-corrected chi connectivity index (χ2v) is 8.96. The molecular weight excluding hydrogens is 326 g/mol. The normalized spacial score (nSPS) is 34.8. The molecule has 3 N–H and O–H groups in total. The Morgan fingerprint density at radius 1 is 1.25 bits per heavy atom. The molecule has 1 aromatic heterocycles. The van der Waals surface area contributed by atoms with Gasteiger partial charge >= 0.3 is 0 Å². The molecule has 4 fully saturated rings. The number of carbonyl (C=O) groups excluding carboxylic acids is 2. The maximum absolute atomic E-state index is 13.0. The van der Waals surface area contributed by atoms with Crippen molar-refractivity contribution in [1.29, 1.82) is 0 Å². The molecule has 5 rings (SSSR count). The average molecular weight is 349 g/mol. The lowest BCUT2D eigenvalue weighted by atomic mass is 9.49. The molecule has 0 unspecified atom stereocenters. The van der Waals surface area contributed by atoms with E-state index >= 15 is 0 Å². The molecule has 0 aliphatic heterocycles. The SMILES string of the molecule is C[C@@H](NC(=O)C12CC3CC(CC(C3)C1)C2)c1ncc(C(=O)NO)s1. The van der Waals surface area contributed by atoms with E-state index in [1.807, 2.05) is 6.92 Å². The molecule has 1 heterocycles. The van der Waals surface area contributed by atoms with Crippen LogP contribution >= 0.6 is 11.3 Å². The molecule has 130 valence electrons. The number of hydrogen-bond acceptors (Lipinski definition) is 5. The smallest absolute Gasteiger partial charge is 0.286 e. The highest BCUT2D eigenvalue weighted by molar-refractivity contribution is 7.13. The summed E-state index contributed by atoms with van der Waals surface area (Å²) in [6.07, 6.45) is 8.48. The standard InChI is InChI=1S/C17H23N3O3S/c1-9(15-18-8-13(24-15)14(21)20-23)19-16(22)17-5-10-2-11(6-17)4-12(3-10)7-17/h8-12,23H,2-7H2,1H3,(H,19,22)(H,20,21)/t9-,10?,11?,12?,17?/m1/s1. The molecule has 4 aliphatic rings. The fourth-order valence-corrected chi connectivity index (χ4v) is 6.26. The molecule has 7 heteroatoms. The van der Waals surface area contributed by atoms with Gasteiger partial charge in [-0.15, -0.1) is 11.3 Å². The topological polar surface area (TPSA) is 91.3 Å². The van der Waals surface area contributed by atoms with E-state index in [-0.39, 0.29) is 17.4 Å². The van der Waals surface area contributed by atoms with Gasteiger partial charge in [0.25, 0.3) is 5.91 Å². The van der Waals surface area contributed by atoms with Crippen molar-refractivity contribution in [3.63, 3.8) is 0 Å². The summed E-state index contributed by atoms with van der Waals surface area (Å²) in [4.78, 5) is 29.0. The zero-order valence-corrected chi connectivity index (χ0v) is 14.6. The molecule has 2 amide bonds. The van der Waals surface area contributed by atoms with Gasteiger partial charge in [-0.1, -0.05) is 0 Å².